The Hall–Kier alpha value is -1.64. The molecule has 0 spiro atoms. The fraction of sp³-hybridized carbons (Fsp3) is 0.385. The first-order chi connectivity index (χ1) is 7.70. The van der Waals surface area contributed by atoms with Gasteiger partial charge < -0.3 is 0 Å². The van der Waals surface area contributed by atoms with Gasteiger partial charge in [-0.15, -0.1) is 0 Å². The molecule has 84 valence electrons. The van der Waals surface area contributed by atoms with Crippen LogP contribution in [0.15, 0.2) is 24.4 Å². The average Bonchev–Trinajstić information content (AvgIpc) is 2.77. The fourth-order valence-electron chi connectivity index (χ4n) is 1.63. The largest absolute Gasteiger partial charge is 0.276 e. The van der Waals surface area contributed by atoms with Crippen molar-refractivity contribution in [3.8, 4) is 11.4 Å². The standard InChI is InChI=1S/C13H17N3/c1-4-11-8-13(16-15-11)12-7-10(9(2)3)5-6-14-12/h5-9H,4H2,1-3H3,(H,15,16). The number of aryl methyl sites for hydroxylation is 1. The second kappa shape index (κ2) is 4.47. The van der Waals surface area contributed by atoms with Crippen LogP contribution in [0.25, 0.3) is 11.4 Å². The van der Waals surface area contributed by atoms with Crippen molar-refractivity contribution >= 4 is 0 Å². The van der Waals surface area contributed by atoms with Crippen molar-refractivity contribution in [3.05, 3.63) is 35.7 Å². The monoisotopic (exact) mass is 215 g/mol. The molecule has 0 aliphatic rings. The van der Waals surface area contributed by atoms with Crippen LogP contribution >= 0.6 is 0 Å². The van der Waals surface area contributed by atoms with E-state index in [1.54, 1.807) is 0 Å². The average molecular weight is 215 g/mol. The van der Waals surface area contributed by atoms with Crippen LogP contribution in [0, 0.1) is 0 Å². The van der Waals surface area contributed by atoms with Crippen LogP contribution in [-0.4, -0.2) is 15.2 Å². The summed E-state index contributed by atoms with van der Waals surface area (Å²) >= 11 is 0. The number of H-pyrrole nitrogens is 1. The Morgan fingerprint density at radius 1 is 1.31 bits per heavy atom. The SMILES string of the molecule is CCc1cc(-c2cc(C(C)C)ccn2)[nH]n1. The maximum atomic E-state index is 4.37. The van der Waals surface area contributed by atoms with E-state index in [0.29, 0.717) is 5.92 Å². The fourth-order valence-corrected chi connectivity index (χ4v) is 1.63. The summed E-state index contributed by atoms with van der Waals surface area (Å²) in [7, 11) is 0. The quantitative estimate of drug-likeness (QED) is 0.854. The molecule has 2 heterocycles. The first-order valence-corrected chi connectivity index (χ1v) is 5.71. The molecule has 0 radical (unpaired) electrons. The number of hydrogen-bond donors (Lipinski definition) is 1. The Balaban J connectivity index is 2.36. The van der Waals surface area contributed by atoms with Crippen LogP contribution in [0.4, 0.5) is 0 Å². The summed E-state index contributed by atoms with van der Waals surface area (Å²) in [4.78, 5) is 4.37. The summed E-state index contributed by atoms with van der Waals surface area (Å²) in [5, 5.41) is 7.25. The number of pyridine rings is 1. The van der Waals surface area contributed by atoms with E-state index in [1.165, 1.54) is 5.56 Å². The molecule has 2 rings (SSSR count). The van der Waals surface area contributed by atoms with E-state index in [1.807, 2.05) is 6.20 Å². The topological polar surface area (TPSA) is 41.6 Å². The smallest absolute Gasteiger partial charge is 0.0883 e. The van der Waals surface area contributed by atoms with Gasteiger partial charge in [-0.05, 0) is 36.1 Å². The van der Waals surface area contributed by atoms with Crippen LogP contribution in [-0.2, 0) is 6.42 Å². The predicted molar refractivity (Wildman–Crippen MR) is 65.3 cm³/mol. The molecule has 0 aromatic carbocycles. The van der Waals surface area contributed by atoms with Gasteiger partial charge in [0.1, 0.15) is 0 Å². The molecule has 0 saturated carbocycles. The summed E-state index contributed by atoms with van der Waals surface area (Å²) in [6.45, 7) is 6.46. The maximum Gasteiger partial charge on any atom is 0.0883 e. The van der Waals surface area contributed by atoms with Crippen molar-refractivity contribution in [1.82, 2.24) is 15.2 Å². The molecule has 3 nitrogen and oxygen atoms in total. The molecular weight excluding hydrogens is 198 g/mol. The second-order valence-electron chi connectivity index (χ2n) is 4.26. The third-order valence-corrected chi connectivity index (χ3v) is 2.72. The zero-order chi connectivity index (χ0) is 11.5. The molecule has 0 saturated heterocycles. The Morgan fingerprint density at radius 3 is 2.75 bits per heavy atom. The van der Waals surface area contributed by atoms with E-state index < -0.39 is 0 Å². The highest BCUT2D eigenvalue weighted by molar-refractivity contribution is 5.55. The molecule has 2 aromatic heterocycles. The number of nitrogens with zero attached hydrogens (tertiary/aromatic N) is 2. The minimum atomic E-state index is 0.523. The van der Waals surface area contributed by atoms with Crippen molar-refractivity contribution in [2.45, 2.75) is 33.1 Å². The van der Waals surface area contributed by atoms with E-state index in [0.717, 1.165) is 23.5 Å². The minimum Gasteiger partial charge on any atom is -0.276 e. The first-order valence-electron chi connectivity index (χ1n) is 5.71. The second-order valence-corrected chi connectivity index (χ2v) is 4.26. The highest BCUT2D eigenvalue weighted by Gasteiger charge is 2.06. The lowest BCUT2D eigenvalue weighted by atomic mass is 10.0. The maximum absolute atomic E-state index is 4.37. The van der Waals surface area contributed by atoms with Crippen molar-refractivity contribution in [3.63, 3.8) is 0 Å². The number of hydrogen-bond acceptors (Lipinski definition) is 2. The highest BCUT2D eigenvalue weighted by atomic mass is 15.1. The molecule has 0 atom stereocenters. The van der Waals surface area contributed by atoms with Gasteiger partial charge in [-0.2, -0.15) is 5.10 Å². The molecule has 0 bridgehead atoms. The first kappa shape index (κ1) is 10.9. The van der Waals surface area contributed by atoms with E-state index in [9.17, 15) is 0 Å². The molecule has 16 heavy (non-hydrogen) atoms. The predicted octanol–water partition coefficient (Wildman–Crippen LogP) is 3.16. The number of rotatable bonds is 3. The summed E-state index contributed by atoms with van der Waals surface area (Å²) < 4.78 is 0. The van der Waals surface area contributed by atoms with Gasteiger partial charge in [0.25, 0.3) is 0 Å². The van der Waals surface area contributed by atoms with E-state index in [-0.39, 0.29) is 0 Å². The summed E-state index contributed by atoms with van der Waals surface area (Å²) in [5.74, 6) is 0.523. The van der Waals surface area contributed by atoms with Crippen molar-refractivity contribution < 1.29 is 0 Å². The Bertz CT molecular complexity index is 472. The van der Waals surface area contributed by atoms with Crippen molar-refractivity contribution in [2.24, 2.45) is 0 Å². The van der Waals surface area contributed by atoms with Crippen molar-refractivity contribution in [2.75, 3.05) is 0 Å². The van der Waals surface area contributed by atoms with E-state index >= 15 is 0 Å². The van der Waals surface area contributed by atoms with Gasteiger partial charge in [-0.25, -0.2) is 0 Å². The number of aromatic nitrogens is 3. The molecule has 0 amide bonds. The number of nitrogens with one attached hydrogen (secondary N) is 1. The molecule has 0 fully saturated rings. The van der Waals surface area contributed by atoms with Gasteiger partial charge in [0.2, 0.25) is 0 Å². The third kappa shape index (κ3) is 2.13. The number of aromatic amines is 1. The molecule has 3 heteroatoms. The zero-order valence-corrected chi connectivity index (χ0v) is 9.99. The van der Waals surface area contributed by atoms with Gasteiger partial charge in [-0.3, -0.25) is 10.1 Å². The molecule has 0 aliphatic heterocycles. The lowest BCUT2D eigenvalue weighted by Crippen LogP contribution is -1.90. The molecule has 2 aromatic rings. The lowest BCUT2D eigenvalue weighted by molar-refractivity contribution is 0.863. The van der Waals surface area contributed by atoms with E-state index in [4.69, 9.17) is 0 Å². The summed E-state index contributed by atoms with van der Waals surface area (Å²) in [6.07, 6.45) is 2.80. The van der Waals surface area contributed by atoms with Gasteiger partial charge >= 0.3 is 0 Å². The Labute approximate surface area is 95.9 Å². The van der Waals surface area contributed by atoms with Crippen LogP contribution in [0.2, 0.25) is 0 Å². The van der Waals surface area contributed by atoms with Crippen molar-refractivity contribution in [1.29, 1.82) is 0 Å². The third-order valence-electron chi connectivity index (χ3n) is 2.72. The van der Waals surface area contributed by atoms with Crippen LogP contribution in [0.1, 0.15) is 37.9 Å². The van der Waals surface area contributed by atoms with Gasteiger partial charge in [0.05, 0.1) is 17.1 Å². The zero-order valence-electron chi connectivity index (χ0n) is 9.99. The normalized spacial score (nSPS) is 11.0. The van der Waals surface area contributed by atoms with Crippen LogP contribution in [0.5, 0.6) is 0 Å². The lowest BCUT2D eigenvalue weighted by Gasteiger charge is -2.05. The van der Waals surface area contributed by atoms with Gasteiger partial charge in [0, 0.05) is 6.20 Å². The highest BCUT2D eigenvalue weighted by Crippen LogP contribution is 2.20. The molecule has 0 unspecified atom stereocenters. The van der Waals surface area contributed by atoms with Gasteiger partial charge in [-0.1, -0.05) is 20.8 Å². The van der Waals surface area contributed by atoms with Crippen LogP contribution in [0.3, 0.4) is 0 Å². The van der Waals surface area contributed by atoms with Gasteiger partial charge in [0.15, 0.2) is 0 Å². The summed E-state index contributed by atoms with van der Waals surface area (Å²) in [6, 6.07) is 6.25. The summed E-state index contributed by atoms with van der Waals surface area (Å²) in [5.41, 5.74) is 4.35. The molecular formula is C13H17N3. The molecule has 1 N–H and O–H groups in total. The Kier molecular flexibility index (Phi) is 3.04. The Morgan fingerprint density at radius 2 is 2.12 bits per heavy atom. The van der Waals surface area contributed by atoms with Crippen LogP contribution < -0.4 is 0 Å². The molecule has 0 aliphatic carbocycles. The van der Waals surface area contributed by atoms with E-state index in [2.05, 4.69) is 54.2 Å². The minimum absolute atomic E-state index is 0.523.